The number of hydrogen-bond acceptors (Lipinski definition) is 5. The van der Waals surface area contributed by atoms with Crippen LogP contribution >= 0.6 is 11.3 Å². The highest BCUT2D eigenvalue weighted by Crippen LogP contribution is 2.56. The van der Waals surface area contributed by atoms with Crippen molar-refractivity contribution in [1.82, 2.24) is 4.98 Å². The van der Waals surface area contributed by atoms with Crippen LogP contribution in [-0.2, 0) is 5.60 Å². The van der Waals surface area contributed by atoms with Crippen LogP contribution in [0.4, 0.5) is 10.8 Å². The van der Waals surface area contributed by atoms with E-state index in [1.54, 1.807) is 11.3 Å². The monoisotopic (exact) mass is 545 g/mol. The molecule has 5 aromatic rings. The second kappa shape index (κ2) is 9.97. The minimum Gasteiger partial charge on any atom is -0.471 e. The first-order valence-corrected chi connectivity index (χ1v) is 15.3. The van der Waals surface area contributed by atoms with Gasteiger partial charge in [0.2, 0.25) is 0 Å². The van der Waals surface area contributed by atoms with Crippen molar-refractivity contribution in [3.8, 4) is 17.0 Å². The minimum atomic E-state index is -0.825. The number of thiazole rings is 1. The number of aryl methyl sites for hydroxylation is 1. The molecule has 1 fully saturated rings. The van der Waals surface area contributed by atoms with Crippen LogP contribution in [0.1, 0.15) is 48.3 Å². The molecule has 4 aromatic carbocycles. The first-order chi connectivity index (χ1) is 19.6. The van der Waals surface area contributed by atoms with Crippen molar-refractivity contribution in [3.63, 3.8) is 0 Å². The maximum absolute atomic E-state index is 7.33. The summed E-state index contributed by atoms with van der Waals surface area (Å²) in [6, 6.07) is 30.7. The van der Waals surface area contributed by atoms with Crippen molar-refractivity contribution >= 4 is 32.9 Å². The largest absolute Gasteiger partial charge is 0.471 e. The van der Waals surface area contributed by atoms with Crippen molar-refractivity contribution in [1.29, 1.82) is 0 Å². The maximum Gasteiger partial charge on any atom is 0.196 e. The van der Waals surface area contributed by atoms with Gasteiger partial charge in [0.1, 0.15) is 5.75 Å². The zero-order valence-corrected chi connectivity index (χ0v) is 24.3. The Morgan fingerprint density at radius 1 is 0.850 bits per heavy atom. The van der Waals surface area contributed by atoms with Gasteiger partial charge in [-0.3, -0.25) is 0 Å². The predicted molar refractivity (Wildman–Crippen MR) is 168 cm³/mol. The Morgan fingerprint density at radius 2 is 1.55 bits per heavy atom. The summed E-state index contributed by atoms with van der Waals surface area (Å²) < 4.78 is 7.33. The van der Waals surface area contributed by atoms with Crippen LogP contribution in [-0.4, -0.2) is 31.2 Å². The normalized spacial score (nSPS) is 17.9. The molecule has 1 saturated heterocycles. The van der Waals surface area contributed by atoms with Crippen LogP contribution in [0, 0.1) is 6.92 Å². The predicted octanol–water partition coefficient (Wildman–Crippen LogP) is 8.40. The van der Waals surface area contributed by atoms with Crippen LogP contribution in [0.5, 0.6) is 5.75 Å². The lowest BCUT2D eigenvalue weighted by atomic mass is 9.78. The van der Waals surface area contributed by atoms with Gasteiger partial charge in [0, 0.05) is 53.9 Å². The van der Waals surface area contributed by atoms with E-state index in [-0.39, 0.29) is 0 Å². The van der Waals surface area contributed by atoms with Gasteiger partial charge >= 0.3 is 0 Å². The molecule has 0 spiro atoms. The van der Waals surface area contributed by atoms with E-state index in [2.05, 4.69) is 116 Å². The molecule has 2 aliphatic heterocycles. The molecule has 1 atom stereocenters. The van der Waals surface area contributed by atoms with Gasteiger partial charge in [-0.25, -0.2) is 4.98 Å². The van der Waals surface area contributed by atoms with E-state index in [1.807, 2.05) is 0 Å². The van der Waals surface area contributed by atoms with E-state index >= 15 is 0 Å². The summed E-state index contributed by atoms with van der Waals surface area (Å²) in [6.07, 6.45) is 2.44. The van der Waals surface area contributed by atoms with Crippen molar-refractivity contribution in [2.45, 2.75) is 39.2 Å². The average molecular weight is 546 g/mol. The quantitative estimate of drug-likeness (QED) is 0.214. The Morgan fingerprint density at radius 3 is 2.30 bits per heavy atom. The Labute approximate surface area is 240 Å². The molecule has 3 heterocycles. The molecular weight excluding hydrogens is 510 g/mol. The number of ether oxygens (including phenoxy) is 1. The summed E-state index contributed by atoms with van der Waals surface area (Å²) in [4.78, 5) is 11.4. The fourth-order valence-corrected chi connectivity index (χ4v) is 7.77. The second-order valence-corrected chi connectivity index (χ2v) is 11.8. The summed E-state index contributed by atoms with van der Waals surface area (Å²) >= 11 is 1.80. The lowest BCUT2D eigenvalue weighted by Crippen LogP contribution is -2.38. The van der Waals surface area contributed by atoms with Gasteiger partial charge in [-0.15, -0.1) is 0 Å². The third-order valence-corrected chi connectivity index (χ3v) is 9.78. The van der Waals surface area contributed by atoms with Crippen molar-refractivity contribution in [2.75, 3.05) is 36.0 Å². The lowest BCUT2D eigenvalue weighted by Gasteiger charge is -2.40. The fourth-order valence-electron chi connectivity index (χ4n) is 6.48. The molecule has 0 aliphatic carbocycles. The van der Waals surface area contributed by atoms with E-state index in [9.17, 15) is 0 Å². The van der Waals surface area contributed by atoms with Crippen LogP contribution < -0.4 is 14.5 Å². The highest BCUT2D eigenvalue weighted by Gasteiger charge is 2.48. The van der Waals surface area contributed by atoms with E-state index < -0.39 is 5.60 Å². The van der Waals surface area contributed by atoms with Crippen LogP contribution in [0.3, 0.4) is 0 Å². The van der Waals surface area contributed by atoms with Crippen LogP contribution in [0.25, 0.3) is 22.0 Å². The molecule has 40 heavy (non-hydrogen) atoms. The van der Waals surface area contributed by atoms with Crippen molar-refractivity contribution < 1.29 is 4.74 Å². The first kappa shape index (κ1) is 25.2. The number of rotatable bonds is 6. The van der Waals surface area contributed by atoms with Gasteiger partial charge in [-0.2, -0.15) is 0 Å². The SMILES string of the molecule is CCN(CC)c1ccc(C2(c3ccc(C)cc3)Oc3ccccc3-c3nc(N4CCCC4)sc32)c2ccccc12. The molecule has 0 radical (unpaired) electrons. The Bertz CT molecular complexity index is 1680. The number of para-hydroxylation sites is 1. The average Bonchev–Trinajstić information content (AvgIpc) is 3.69. The summed E-state index contributed by atoms with van der Waals surface area (Å²) in [5, 5.41) is 3.57. The molecule has 1 unspecified atom stereocenters. The molecule has 0 saturated carbocycles. The van der Waals surface area contributed by atoms with E-state index in [1.165, 1.54) is 34.9 Å². The zero-order chi connectivity index (χ0) is 27.3. The molecule has 2 aliphatic rings. The topological polar surface area (TPSA) is 28.6 Å². The first-order valence-electron chi connectivity index (χ1n) is 14.5. The standard InChI is InChI=1S/C35H35N3OS/c1-4-37(5-2)30-21-20-29(26-12-6-7-13-27(26)30)35(25-18-16-24(3)17-19-25)33-32(28-14-8-9-15-31(28)39-35)36-34(40-33)38-22-10-11-23-38/h6-9,12-21H,4-5,10-11,22-23H2,1-3H3. The van der Waals surface area contributed by atoms with Gasteiger partial charge < -0.3 is 14.5 Å². The zero-order valence-electron chi connectivity index (χ0n) is 23.5. The van der Waals surface area contributed by atoms with Crippen LogP contribution in [0.2, 0.25) is 0 Å². The number of fused-ring (bicyclic) bond motifs is 4. The number of benzene rings is 4. The number of anilines is 2. The van der Waals surface area contributed by atoms with Gasteiger partial charge in [0.05, 0.1) is 10.6 Å². The molecule has 4 nitrogen and oxygen atoms in total. The molecular formula is C35H35N3OS. The van der Waals surface area contributed by atoms with Crippen molar-refractivity contribution in [2.24, 2.45) is 0 Å². The van der Waals surface area contributed by atoms with Crippen molar-refractivity contribution in [3.05, 3.63) is 106 Å². The van der Waals surface area contributed by atoms with E-state index in [0.717, 1.165) is 64.3 Å². The number of hydrogen-bond donors (Lipinski definition) is 0. The molecule has 0 N–H and O–H groups in total. The van der Waals surface area contributed by atoms with E-state index in [0.29, 0.717) is 0 Å². The highest BCUT2D eigenvalue weighted by atomic mass is 32.1. The molecule has 0 bridgehead atoms. The van der Waals surface area contributed by atoms with Gasteiger partial charge in [-0.1, -0.05) is 83.6 Å². The molecule has 1 aromatic heterocycles. The lowest BCUT2D eigenvalue weighted by molar-refractivity contribution is 0.157. The summed E-state index contributed by atoms with van der Waals surface area (Å²) in [5.41, 5.74) is 6.09. The third kappa shape index (κ3) is 3.82. The maximum atomic E-state index is 7.33. The summed E-state index contributed by atoms with van der Waals surface area (Å²) in [5.74, 6) is 0.880. The van der Waals surface area contributed by atoms with E-state index in [4.69, 9.17) is 9.72 Å². The third-order valence-electron chi connectivity index (χ3n) is 8.56. The Kier molecular flexibility index (Phi) is 6.27. The smallest absolute Gasteiger partial charge is 0.196 e. The van der Waals surface area contributed by atoms with Gasteiger partial charge in [-0.05, 0) is 57.2 Å². The minimum absolute atomic E-state index is 0.825. The summed E-state index contributed by atoms with van der Waals surface area (Å²) in [6.45, 7) is 10.7. The number of nitrogens with zero attached hydrogens (tertiary/aromatic N) is 3. The molecule has 7 rings (SSSR count). The fraction of sp³-hybridized carbons (Fsp3) is 0.286. The van der Waals surface area contributed by atoms with Gasteiger partial charge in [0.25, 0.3) is 0 Å². The number of aromatic nitrogens is 1. The Balaban J connectivity index is 1.57. The van der Waals surface area contributed by atoms with Crippen LogP contribution in [0.15, 0.2) is 84.9 Å². The summed E-state index contributed by atoms with van der Waals surface area (Å²) in [7, 11) is 0. The molecule has 5 heteroatoms. The molecule has 0 amide bonds. The van der Waals surface area contributed by atoms with Gasteiger partial charge in [0.15, 0.2) is 10.7 Å². The Hall–Kier alpha value is -3.83. The highest BCUT2D eigenvalue weighted by molar-refractivity contribution is 7.16. The molecule has 202 valence electrons. The second-order valence-electron chi connectivity index (χ2n) is 10.9.